The molecule has 0 aromatic carbocycles. The molecule has 2 unspecified atom stereocenters. The lowest BCUT2D eigenvalue weighted by molar-refractivity contribution is 0.284. The van der Waals surface area contributed by atoms with Crippen LogP contribution in [0.4, 0.5) is 0 Å². The molecule has 1 N–H and O–H groups in total. The van der Waals surface area contributed by atoms with Gasteiger partial charge in [0.1, 0.15) is 0 Å². The average molecular weight is 213 g/mol. The van der Waals surface area contributed by atoms with E-state index in [0.29, 0.717) is 5.54 Å². The summed E-state index contributed by atoms with van der Waals surface area (Å²) in [5.41, 5.74) is 0.314. The summed E-state index contributed by atoms with van der Waals surface area (Å²) in [6.07, 6.45) is 5.20. The number of hydrogen-bond donors (Lipinski definition) is 1. The van der Waals surface area contributed by atoms with Gasteiger partial charge in [0.05, 0.1) is 0 Å². The van der Waals surface area contributed by atoms with Crippen LogP contribution >= 0.6 is 0 Å². The van der Waals surface area contributed by atoms with Gasteiger partial charge in [-0.05, 0) is 38.6 Å². The van der Waals surface area contributed by atoms with E-state index in [1.165, 1.54) is 25.7 Å². The Balaban J connectivity index is 3.82. The van der Waals surface area contributed by atoms with Gasteiger partial charge in [-0.25, -0.2) is 0 Å². The fourth-order valence-corrected chi connectivity index (χ4v) is 2.09. The van der Waals surface area contributed by atoms with E-state index in [1.54, 1.807) is 0 Å². The van der Waals surface area contributed by atoms with Crippen molar-refractivity contribution in [2.24, 2.45) is 11.8 Å². The van der Waals surface area contributed by atoms with Crippen LogP contribution in [0.5, 0.6) is 0 Å². The van der Waals surface area contributed by atoms with E-state index in [1.807, 2.05) is 0 Å². The van der Waals surface area contributed by atoms with E-state index in [-0.39, 0.29) is 0 Å². The second-order valence-corrected chi connectivity index (χ2v) is 5.76. The first-order valence-corrected chi connectivity index (χ1v) is 6.68. The molecule has 0 spiro atoms. The van der Waals surface area contributed by atoms with Crippen molar-refractivity contribution in [2.45, 2.75) is 72.8 Å². The summed E-state index contributed by atoms with van der Waals surface area (Å²) in [6, 6.07) is 0. The molecule has 0 aliphatic rings. The molecule has 1 heteroatoms. The average Bonchev–Trinajstić information content (AvgIpc) is 2.14. The number of rotatable bonds is 8. The van der Waals surface area contributed by atoms with Gasteiger partial charge >= 0.3 is 0 Å². The van der Waals surface area contributed by atoms with Crippen molar-refractivity contribution in [1.29, 1.82) is 0 Å². The predicted molar refractivity (Wildman–Crippen MR) is 70.2 cm³/mol. The Hall–Kier alpha value is -0.0400. The fourth-order valence-electron chi connectivity index (χ4n) is 2.09. The van der Waals surface area contributed by atoms with Gasteiger partial charge in [0, 0.05) is 5.54 Å². The molecular weight excluding hydrogens is 182 g/mol. The normalized spacial score (nSPS) is 16.4. The molecule has 0 rings (SSSR count). The van der Waals surface area contributed by atoms with Crippen LogP contribution in [-0.2, 0) is 0 Å². The molecule has 0 fully saturated rings. The smallest absolute Gasteiger partial charge is 0.0125 e. The maximum atomic E-state index is 3.70. The van der Waals surface area contributed by atoms with Gasteiger partial charge in [0.15, 0.2) is 0 Å². The Morgan fingerprint density at radius 3 is 2.07 bits per heavy atom. The molecule has 92 valence electrons. The minimum absolute atomic E-state index is 0.314. The van der Waals surface area contributed by atoms with Crippen molar-refractivity contribution >= 4 is 0 Å². The topological polar surface area (TPSA) is 12.0 Å². The maximum absolute atomic E-state index is 3.70. The molecule has 0 saturated heterocycles. The highest BCUT2D eigenvalue weighted by molar-refractivity contribution is 4.78. The maximum Gasteiger partial charge on any atom is 0.0125 e. The zero-order chi connectivity index (χ0) is 11.9. The second kappa shape index (κ2) is 7.27. The van der Waals surface area contributed by atoms with Crippen molar-refractivity contribution in [3.05, 3.63) is 0 Å². The van der Waals surface area contributed by atoms with Gasteiger partial charge in [-0.1, -0.05) is 47.0 Å². The third-order valence-electron chi connectivity index (χ3n) is 3.49. The molecule has 2 atom stereocenters. The molecule has 0 radical (unpaired) electrons. The first kappa shape index (κ1) is 15.0. The van der Waals surface area contributed by atoms with Crippen LogP contribution in [0.3, 0.4) is 0 Å². The molecule has 0 amide bonds. The molecule has 1 nitrogen and oxygen atoms in total. The van der Waals surface area contributed by atoms with Crippen LogP contribution < -0.4 is 5.32 Å². The van der Waals surface area contributed by atoms with Crippen molar-refractivity contribution in [3.8, 4) is 0 Å². The Kier molecular flexibility index (Phi) is 7.25. The highest BCUT2D eigenvalue weighted by atomic mass is 15.0. The van der Waals surface area contributed by atoms with Gasteiger partial charge in [-0.15, -0.1) is 0 Å². The minimum Gasteiger partial charge on any atom is -0.312 e. The molecule has 0 saturated carbocycles. The standard InChI is InChI=1S/C14H31N/c1-7-9-12(3)13(4)11-15-14(5,6)10-8-2/h12-13,15H,7-11H2,1-6H3. The monoisotopic (exact) mass is 213 g/mol. The van der Waals surface area contributed by atoms with E-state index in [9.17, 15) is 0 Å². The van der Waals surface area contributed by atoms with Gasteiger partial charge < -0.3 is 5.32 Å². The van der Waals surface area contributed by atoms with Crippen LogP contribution in [0.15, 0.2) is 0 Å². The van der Waals surface area contributed by atoms with Crippen molar-refractivity contribution in [1.82, 2.24) is 5.32 Å². The van der Waals surface area contributed by atoms with Crippen LogP contribution in [0.1, 0.15) is 67.2 Å². The summed E-state index contributed by atoms with van der Waals surface area (Å²) < 4.78 is 0. The van der Waals surface area contributed by atoms with E-state index < -0.39 is 0 Å². The van der Waals surface area contributed by atoms with Crippen LogP contribution in [0.2, 0.25) is 0 Å². The SMILES string of the molecule is CCCC(C)C(C)CNC(C)(C)CCC. The molecule has 0 aliphatic carbocycles. The summed E-state index contributed by atoms with van der Waals surface area (Å²) in [4.78, 5) is 0. The van der Waals surface area contributed by atoms with E-state index >= 15 is 0 Å². The summed E-state index contributed by atoms with van der Waals surface area (Å²) in [5.74, 6) is 1.64. The fraction of sp³-hybridized carbons (Fsp3) is 1.00. The summed E-state index contributed by atoms with van der Waals surface area (Å²) in [7, 11) is 0. The Morgan fingerprint density at radius 2 is 1.60 bits per heavy atom. The van der Waals surface area contributed by atoms with Gasteiger partial charge in [0.25, 0.3) is 0 Å². The van der Waals surface area contributed by atoms with Gasteiger partial charge in [0.2, 0.25) is 0 Å². The third kappa shape index (κ3) is 6.94. The first-order chi connectivity index (χ1) is 6.93. The number of hydrogen-bond acceptors (Lipinski definition) is 1. The Bertz CT molecular complexity index is 151. The van der Waals surface area contributed by atoms with Gasteiger partial charge in [-0.3, -0.25) is 0 Å². The lowest BCUT2D eigenvalue weighted by Gasteiger charge is -2.29. The second-order valence-electron chi connectivity index (χ2n) is 5.76. The Morgan fingerprint density at radius 1 is 1.00 bits per heavy atom. The number of nitrogens with one attached hydrogen (secondary N) is 1. The summed E-state index contributed by atoms with van der Waals surface area (Å²) in [6.45, 7) is 15.1. The van der Waals surface area contributed by atoms with E-state index in [0.717, 1.165) is 18.4 Å². The quantitative estimate of drug-likeness (QED) is 0.636. The molecule has 0 aromatic rings. The molecule has 0 aromatic heterocycles. The zero-order valence-corrected chi connectivity index (χ0v) is 11.7. The molecule has 0 heterocycles. The van der Waals surface area contributed by atoms with E-state index in [2.05, 4.69) is 46.9 Å². The van der Waals surface area contributed by atoms with Crippen LogP contribution in [0, 0.1) is 11.8 Å². The highest BCUT2D eigenvalue weighted by Gasteiger charge is 2.18. The highest BCUT2D eigenvalue weighted by Crippen LogP contribution is 2.18. The zero-order valence-electron chi connectivity index (χ0n) is 11.7. The minimum atomic E-state index is 0.314. The summed E-state index contributed by atoms with van der Waals surface area (Å²) >= 11 is 0. The third-order valence-corrected chi connectivity index (χ3v) is 3.49. The molecule has 0 aliphatic heterocycles. The van der Waals surface area contributed by atoms with Crippen molar-refractivity contribution in [2.75, 3.05) is 6.54 Å². The predicted octanol–water partition coefficient (Wildman–Crippen LogP) is 4.23. The van der Waals surface area contributed by atoms with Crippen LogP contribution in [0.25, 0.3) is 0 Å². The largest absolute Gasteiger partial charge is 0.312 e. The van der Waals surface area contributed by atoms with Crippen molar-refractivity contribution < 1.29 is 0 Å². The molecule has 15 heavy (non-hydrogen) atoms. The van der Waals surface area contributed by atoms with Crippen LogP contribution in [-0.4, -0.2) is 12.1 Å². The lowest BCUT2D eigenvalue weighted by atomic mass is 9.90. The van der Waals surface area contributed by atoms with Gasteiger partial charge in [-0.2, -0.15) is 0 Å². The van der Waals surface area contributed by atoms with E-state index in [4.69, 9.17) is 0 Å². The van der Waals surface area contributed by atoms with Crippen molar-refractivity contribution in [3.63, 3.8) is 0 Å². The molecular formula is C14H31N. The molecule has 0 bridgehead atoms. The Labute approximate surface area is 97.0 Å². The lowest BCUT2D eigenvalue weighted by Crippen LogP contribution is -2.42. The summed E-state index contributed by atoms with van der Waals surface area (Å²) in [5, 5.41) is 3.70. The first-order valence-electron chi connectivity index (χ1n) is 6.68.